The second-order valence-electron chi connectivity index (χ2n) is 5.70. The summed E-state index contributed by atoms with van der Waals surface area (Å²) < 4.78 is 5.24. The number of ether oxygens (including phenoxy) is 1. The molecule has 1 heterocycles. The number of phenolic OH excluding ortho intramolecular Hbond substituents is 1. The Morgan fingerprint density at radius 1 is 1.22 bits per heavy atom. The molecule has 0 bridgehead atoms. The van der Waals surface area contributed by atoms with E-state index in [-0.39, 0.29) is 11.8 Å². The number of hydrogen-bond acceptors (Lipinski definition) is 3. The average molecular weight is 331 g/mol. The van der Waals surface area contributed by atoms with Gasteiger partial charge in [0, 0.05) is 22.7 Å². The molecule has 1 unspecified atom stereocenters. The Morgan fingerprint density at radius 2 is 2.00 bits per heavy atom. The van der Waals surface area contributed by atoms with Crippen LogP contribution in [0.4, 0.5) is 0 Å². The van der Waals surface area contributed by atoms with Crippen LogP contribution < -0.4 is 4.74 Å². The van der Waals surface area contributed by atoms with E-state index in [4.69, 9.17) is 16.3 Å². The quantitative estimate of drug-likeness (QED) is 0.754. The number of benzene rings is 2. The van der Waals surface area contributed by atoms with Crippen molar-refractivity contribution in [2.45, 2.75) is 6.04 Å². The second kappa shape index (κ2) is 6.14. The summed E-state index contributed by atoms with van der Waals surface area (Å²) in [7, 11) is 5.57. The molecule has 2 aromatic carbocycles. The highest BCUT2D eigenvalue weighted by Gasteiger charge is 2.22. The predicted octanol–water partition coefficient (Wildman–Crippen LogP) is 4.19. The van der Waals surface area contributed by atoms with Gasteiger partial charge < -0.3 is 14.8 Å². The molecule has 23 heavy (non-hydrogen) atoms. The zero-order valence-corrected chi connectivity index (χ0v) is 14.1. The van der Waals surface area contributed by atoms with Gasteiger partial charge in [0.25, 0.3) is 0 Å². The van der Waals surface area contributed by atoms with Crippen molar-refractivity contribution in [3.63, 3.8) is 0 Å². The number of aromatic amines is 1. The normalized spacial score (nSPS) is 12.7. The van der Waals surface area contributed by atoms with Crippen LogP contribution in [0.2, 0.25) is 5.02 Å². The van der Waals surface area contributed by atoms with Gasteiger partial charge in [0.2, 0.25) is 0 Å². The van der Waals surface area contributed by atoms with Crippen LogP contribution in [0.25, 0.3) is 10.9 Å². The summed E-state index contributed by atoms with van der Waals surface area (Å²) >= 11 is 6.42. The summed E-state index contributed by atoms with van der Waals surface area (Å²) in [4.78, 5) is 5.39. The highest BCUT2D eigenvalue weighted by molar-refractivity contribution is 6.35. The van der Waals surface area contributed by atoms with Gasteiger partial charge in [-0.15, -0.1) is 0 Å². The lowest BCUT2D eigenvalue weighted by Gasteiger charge is -2.25. The summed E-state index contributed by atoms with van der Waals surface area (Å²) in [6, 6.07) is 11.2. The van der Waals surface area contributed by atoms with Gasteiger partial charge in [-0.05, 0) is 43.9 Å². The molecule has 1 aromatic heterocycles. The largest absolute Gasteiger partial charge is 0.504 e. The number of H-pyrrole nitrogens is 1. The number of hydrogen-bond donors (Lipinski definition) is 2. The molecule has 0 saturated carbocycles. The second-order valence-corrected chi connectivity index (χ2v) is 6.11. The van der Waals surface area contributed by atoms with Crippen LogP contribution in [0.1, 0.15) is 17.2 Å². The van der Waals surface area contributed by atoms with Crippen LogP contribution in [-0.2, 0) is 0 Å². The minimum atomic E-state index is -0.0156. The third kappa shape index (κ3) is 2.76. The van der Waals surface area contributed by atoms with Crippen LogP contribution in [-0.4, -0.2) is 36.2 Å². The van der Waals surface area contributed by atoms with Crippen molar-refractivity contribution < 1.29 is 9.84 Å². The zero-order chi connectivity index (χ0) is 16.6. The van der Waals surface area contributed by atoms with Gasteiger partial charge in [-0.3, -0.25) is 4.90 Å². The van der Waals surface area contributed by atoms with E-state index in [0.29, 0.717) is 5.75 Å². The smallest absolute Gasteiger partial charge is 0.160 e. The van der Waals surface area contributed by atoms with Gasteiger partial charge in [0.1, 0.15) is 0 Å². The van der Waals surface area contributed by atoms with E-state index in [9.17, 15) is 5.11 Å². The molecule has 0 aliphatic rings. The molecule has 0 aliphatic carbocycles. The molecular weight excluding hydrogens is 312 g/mol. The Bertz CT molecular complexity index is 842. The Morgan fingerprint density at radius 3 is 2.70 bits per heavy atom. The number of methoxy groups -OCH3 is 1. The first-order chi connectivity index (χ1) is 11.0. The maximum Gasteiger partial charge on any atom is 0.160 e. The molecule has 0 aliphatic heterocycles. The number of aromatic hydroxyl groups is 1. The maximum atomic E-state index is 9.84. The van der Waals surface area contributed by atoms with E-state index in [1.54, 1.807) is 13.2 Å². The molecular formula is C18H19ClN2O2. The predicted molar refractivity (Wildman–Crippen MR) is 93.5 cm³/mol. The topological polar surface area (TPSA) is 48.5 Å². The molecule has 5 heteroatoms. The number of nitrogens with one attached hydrogen (secondary N) is 1. The van der Waals surface area contributed by atoms with Crippen molar-refractivity contribution in [3.8, 4) is 11.5 Å². The first-order valence-electron chi connectivity index (χ1n) is 7.31. The highest BCUT2D eigenvalue weighted by Crippen LogP contribution is 2.38. The number of aromatic nitrogens is 1. The summed E-state index contributed by atoms with van der Waals surface area (Å²) in [5, 5.41) is 11.6. The summed E-state index contributed by atoms with van der Waals surface area (Å²) in [6.45, 7) is 0. The summed E-state index contributed by atoms with van der Waals surface area (Å²) in [5.41, 5.74) is 3.11. The lowest BCUT2D eigenvalue weighted by atomic mass is 9.97. The van der Waals surface area contributed by atoms with Crippen LogP contribution in [0.15, 0.2) is 42.6 Å². The fraction of sp³-hybridized carbons (Fsp3) is 0.222. The van der Waals surface area contributed by atoms with Crippen molar-refractivity contribution in [1.82, 2.24) is 9.88 Å². The van der Waals surface area contributed by atoms with Gasteiger partial charge in [0.15, 0.2) is 11.5 Å². The Balaban J connectivity index is 2.19. The molecule has 1 atom stereocenters. The molecule has 120 valence electrons. The van der Waals surface area contributed by atoms with Crippen molar-refractivity contribution in [3.05, 3.63) is 58.7 Å². The van der Waals surface area contributed by atoms with E-state index in [1.807, 2.05) is 50.6 Å². The fourth-order valence-electron chi connectivity index (χ4n) is 3.00. The van der Waals surface area contributed by atoms with E-state index in [1.165, 1.54) is 0 Å². The number of nitrogens with zero attached hydrogens (tertiary/aromatic N) is 1. The summed E-state index contributed by atoms with van der Waals surface area (Å²) in [6.07, 6.45) is 1.99. The van der Waals surface area contributed by atoms with Crippen molar-refractivity contribution in [1.29, 1.82) is 0 Å². The van der Waals surface area contributed by atoms with Crippen LogP contribution >= 0.6 is 11.6 Å². The maximum absolute atomic E-state index is 9.84. The van der Waals surface area contributed by atoms with Gasteiger partial charge in [-0.25, -0.2) is 0 Å². The van der Waals surface area contributed by atoms with E-state index < -0.39 is 0 Å². The van der Waals surface area contributed by atoms with Crippen LogP contribution in [0.5, 0.6) is 11.5 Å². The summed E-state index contributed by atoms with van der Waals surface area (Å²) in [5.74, 6) is 0.589. The van der Waals surface area contributed by atoms with Crippen LogP contribution in [0, 0.1) is 0 Å². The molecule has 0 spiro atoms. The van der Waals surface area contributed by atoms with Gasteiger partial charge in [-0.2, -0.15) is 0 Å². The Labute approximate surface area is 140 Å². The molecule has 3 rings (SSSR count). The van der Waals surface area contributed by atoms with Crippen molar-refractivity contribution >= 4 is 22.5 Å². The van der Waals surface area contributed by atoms with Crippen LogP contribution in [0.3, 0.4) is 0 Å². The third-order valence-electron chi connectivity index (χ3n) is 4.02. The lowest BCUT2D eigenvalue weighted by Crippen LogP contribution is -2.21. The molecule has 4 nitrogen and oxygen atoms in total. The first kappa shape index (κ1) is 15.7. The highest BCUT2D eigenvalue weighted by atomic mass is 35.5. The number of rotatable bonds is 4. The minimum absolute atomic E-state index is 0.0156. The first-order valence-corrected chi connectivity index (χ1v) is 7.69. The van der Waals surface area contributed by atoms with Crippen molar-refractivity contribution in [2.24, 2.45) is 0 Å². The van der Waals surface area contributed by atoms with E-state index in [0.717, 1.165) is 27.1 Å². The molecule has 0 amide bonds. The van der Waals surface area contributed by atoms with Gasteiger partial charge in [-0.1, -0.05) is 23.7 Å². The SMILES string of the molecule is COc1cc(C(c2c[nH]c3cccc(Cl)c23)N(C)C)ccc1O. The van der Waals surface area contributed by atoms with Crippen molar-refractivity contribution in [2.75, 3.05) is 21.2 Å². The monoisotopic (exact) mass is 330 g/mol. The van der Waals surface area contributed by atoms with Gasteiger partial charge in [0.05, 0.1) is 18.2 Å². The van der Waals surface area contributed by atoms with Gasteiger partial charge >= 0.3 is 0 Å². The lowest BCUT2D eigenvalue weighted by molar-refractivity contribution is 0.339. The Hall–Kier alpha value is -2.17. The van der Waals surface area contributed by atoms with E-state index in [2.05, 4.69) is 9.88 Å². The zero-order valence-electron chi connectivity index (χ0n) is 13.3. The van der Waals surface area contributed by atoms with E-state index >= 15 is 0 Å². The molecule has 0 saturated heterocycles. The standard InChI is InChI=1S/C18H19ClN2O2/c1-21(2)18(11-7-8-15(22)16(9-11)23-3)12-10-20-14-6-4-5-13(19)17(12)14/h4-10,18,20,22H,1-3H3. The third-order valence-corrected chi connectivity index (χ3v) is 4.33. The molecule has 3 aromatic rings. The molecule has 0 radical (unpaired) electrons. The fourth-order valence-corrected chi connectivity index (χ4v) is 3.28. The number of halogens is 1. The number of fused-ring (bicyclic) bond motifs is 1. The minimum Gasteiger partial charge on any atom is -0.504 e. The molecule has 0 fully saturated rings. The molecule has 2 N–H and O–H groups in total. The average Bonchev–Trinajstić information content (AvgIpc) is 2.94. The Kier molecular flexibility index (Phi) is 4.20. The number of phenols is 1.